The van der Waals surface area contributed by atoms with Crippen molar-refractivity contribution in [2.45, 2.75) is 12.8 Å². The van der Waals surface area contributed by atoms with Gasteiger partial charge in [0.1, 0.15) is 0 Å². The van der Waals surface area contributed by atoms with Gasteiger partial charge < -0.3 is 9.71 Å². The van der Waals surface area contributed by atoms with Crippen LogP contribution in [0.5, 0.6) is 0 Å². The van der Waals surface area contributed by atoms with Gasteiger partial charge in [-0.05, 0) is 65.7 Å². The molecule has 108 valence electrons. The summed E-state index contributed by atoms with van der Waals surface area (Å²) >= 11 is 2.34. The van der Waals surface area contributed by atoms with E-state index in [1.54, 1.807) is 0 Å². The van der Waals surface area contributed by atoms with Crippen LogP contribution in [0.15, 0.2) is 48.7 Å². The number of aryl methyl sites for hydroxylation is 1. The van der Waals surface area contributed by atoms with Crippen molar-refractivity contribution in [3.05, 3.63) is 57.8 Å². The fourth-order valence-electron chi connectivity index (χ4n) is 1.81. The Labute approximate surface area is 138 Å². The molecule has 0 atom stereocenters. The Morgan fingerprint density at radius 1 is 1.30 bits per heavy atom. The van der Waals surface area contributed by atoms with Crippen LogP contribution in [0, 0.1) is 3.57 Å². The normalized spacial score (nSPS) is 11.2. The molecule has 0 amide bonds. The molecule has 0 radical (unpaired) electrons. The van der Waals surface area contributed by atoms with Gasteiger partial charge in [0.2, 0.25) is 0 Å². The molecule has 0 unspecified atom stereocenters. The molecule has 2 nitrogen and oxygen atoms in total. The lowest BCUT2D eigenvalue weighted by atomic mass is 10.1. The van der Waals surface area contributed by atoms with Crippen LogP contribution in [0.4, 0.5) is 0 Å². The van der Waals surface area contributed by atoms with Crippen LogP contribution in [0.1, 0.15) is 12.0 Å². The molecule has 1 rings (SSSR count). The van der Waals surface area contributed by atoms with Crippen molar-refractivity contribution in [2.75, 3.05) is 27.2 Å². The Hall–Kier alpha value is -0.745. The molecule has 0 aliphatic rings. The number of benzene rings is 1. The van der Waals surface area contributed by atoms with E-state index in [9.17, 15) is 0 Å². The molecular weight excluding hydrogens is 358 g/mol. The lowest BCUT2D eigenvalue weighted by Gasteiger charge is -2.15. The van der Waals surface area contributed by atoms with Gasteiger partial charge in [-0.2, -0.15) is 0 Å². The smallest absolute Gasteiger partial charge is 0.185 e. The first-order valence-corrected chi connectivity index (χ1v) is 8.02. The van der Waals surface area contributed by atoms with E-state index in [4.69, 9.17) is 0 Å². The number of halogens is 1. The summed E-state index contributed by atoms with van der Waals surface area (Å²) in [5.74, 6) is 0. The van der Waals surface area contributed by atoms with Crippen LogP contribution in [-0.4, -0.2) is 44.9 Å². The first-order chi connectivity index (χ1) is 9.49. The molecule has 0 aliphatic carbocycles. The van der Waals surface area contributed by atoms with Crippen molar-refractivity contribution in [3.8, 4) is 0 Å². The first kappa shape index (κ1) is 17.3. The van der Waals surface area contributed by atoms with Gasteiger partial charge in [-0.15, -0.1) is 0 Å². The lowest BCUT2D eigenvalue weighted by molar-refractivity contribution is 0.483. The van der Waals surface area contributed by atoms with Crippen molar-refractivity contribution < 1.29 is 0 Å². The van der Waals surface area contributed by atoms with Crippen LogP contribution in [0.25, 0.3) is 0 Å². The van der Waals surface area contributed by atoms with Gasteiger partial charge >= 0.3 is 0 Å². The molecule has 0 aromatic heterocycles. The number of allylic oxidation sites excluding steroid dienone is 1. The summed E-state index contributed by atoms with van der Waals surface area (Å²) in [7, 11) is 6.19. The molecular formula is C16H24BIN2. The molecule has 4 heteroatoms. The second kappa shape index (κ2) is 9.24. The number of nitrogens with zero attached hydrogens (tertiary/aromatic N) is 2. The van der Waals surface area contributed by atoms with Crippen LogP contribution < -0.4 is 0 Å². The Balaban J connectivity index is 2.21. The van der Waals surface area contributed by atoms with Gasteiger partial charge in [-0.3, -0.25) is 0 Å². The van der Waals surface area contributed by atoms with E-state index in [1.165, 1.54) is 15.6 Å². The molecule has 0 N–H and O–H groups in total. The summed E-state index contributed by atoms with van der Waals surface area (Å²) < 4.78 is 1.30. The van der Waals surface area contributed by atoms with Gasteiger partial charge in [-0.1, -0.05) is 24.8 Å². The van der Waals surface area contributed by atoms with Crippen molar-refractivity contribution >= 4 is 30.6 Å². The average Bonchev–Trinajstić information content (AvgIpc) is 2.40. The number of likely N-dealkylation sites (N-methyl/N-ethyl adjacent to an activating group) is 1. The van der Waals surface area contributed by atoms with E-state index in [-0.39, 0.29) is 0 Å². The Morgan fingerprint density at radius 2 is 1.95 bits per heavy atom. The zero-order valence-electron chi connectivity index (χ0n) is 12.8. The van der Waals surface area contributed by atoms with E-state index in [2.05, 4.69) is 78.4 Å². The highest BCUT2D eigenvalue weighted by Gasteiger charge is 1.98. The summed E-state index contributed by atoms with van der Waals surface area (Å²) in [5.41, 5.74) is 2.47. The van der Waals surface area contributed by atoms with Crippen LogP contribution in [0.3, 0.4) is 0 Å². The van der Waals surface area contributed by atoms with Gasteiger partial charge in [0.15, 0.2) is 7.98 Å². The second-order valence-electron chi connectivity index (χ2n) is 5.28. The standard InChI is InChI=1S/C16H24BIN2/c1-14(19(2)3)6-4-12-20(17)13-5-7-15-8-10-16(18)11-9-15/h4,6,8-11H,1,5,7,12-13,17H2,2-3H3/b6-4+. The molecule has 0 fully saturated rings. The lowest BCUT2D eigenvalue weighted by Crippen LogP contribution is -2.22. The fourth-order valence-corrected chi connectivity index (χ4v) is 2.17. The second-order valence-corrected chi connectivity index (χ2v) is 6.53. The highest BCUT2D eigenvalue weighted by atomic mass is 127. The summed E-state index contributed by atoms with van der Waals surface area (Å²) in [6.45, 7) is 6.07. The van der Waals surface area contributed by atoms with E-state index < -0.39 is 0 Å². The van der Waals surface area contributed by atoms with Crippen molar-refractivity contribution in [1.29, 1.82) is 0 Å². The zero-order valence-corrected chi connectivity index (χ0v) is 14.9. The van der Waals surface area contributed by atoms with E-state index in [0.717, 1.165) is 25.2 Å². The minimum atomic E-state index is 0.972. The maximum atomic E-state index is 3.98. The van der Waals surface area contributed by atoms with Gasteiger partial charge in [0.05, 0.1) is 0 Å². The van der Waals surface area contributed by atoms with Crippen LogP contribution >= 0.6 is 22.6 Å². The minimum absolute atomic E-state index is 0.972. The summed E-state index contributed by atoms with van der Waals surface area (Å²) in [6.07, 6.45) is 6.60. The summed E-state index contributed by atoms with van der Waals surface area (Å²) in [4.78, 5) is 4.36. The maximum Gasteiger partial charge on any atom is 0.185 e. The molecule has 0 aliphatic heterocycles. The Morgan fingerprint density at radius 3 is 2.55 bits per heavy atom. The molecule has 0 saturated carbocycles. The first-order valence-electron chi connectivity index (χ1n) is 6.95. The monoisotopic (exact) mass is 382 g/mol. The molecule has 0 bridgehead atoms. The van der Waals surface area contributed by atoms with E-state index in [1.807, 2.05) is 19.0 Å². The number of hydrogen-bond donors (Lipinski definition) is 0. The maximum absolute atomic E-state index is 3.98. The molecule has 0 heterocycles. The topological polar surface area (TPSA) is 6.48 Å². The molecule has 1 aromatic carbocycles. The summed E-state index contributed by atoms with van der Waals surface area (Å²) in [5, 5.41) is 0. The Kier molecular flexibility index (Phi) is 7.99. The van der Waals surface area contributed by atoms with Crippen molar-refractivity contribution in [1.82, 2.24) is 9.71 Å². The average molecular weight is 382 g/mol. The van der Waals surface area contributed by atoms with Gasteiger partial charge in [0.25, 0.3) is 0 Å². The zero-order chi connectivity index (χ0) is 15.0. The third-order valence-electron chi connectivity index (χ3n) is 3.22. The van der Waals surface area contributed by atoms with Crippen LogP contribution in [0.2, 0.25) is 0 Å². The number of rotatable bonds is 8. The van der Waals surface area contributed by atoms with Crippen molar-refractivity contribution in [2.24, 2.45) is 0 Å². The third-order valence-corrected chi connectivity index (χ3v) is 3.94. The molecule has 0 saturated heterocycles. The number of hydrogen-bond acceptors (Lipinski definition) is 2. The quantitative estimate of drug-likeness (QED) is 0.388. The van der Waals surface area contributed by atoms with Gasteiger partial charge in [0, 0.05) is 29.9 Å². The van der Waals surface area contributed by atoms with Gasteiger partial charge in [-0.25, -0.2) is 0 Å². The summed E-state index contributed by atoms with van der Waals surface area (Å²) in [6, 6.07) is 8.80. The molecule has 20 heavy (non-hydrogen) atoms. The largest absolute Gasteiger partial charge is 0.378 e. The minimum Gasteiger partial charge on any atom is -0.378 e. The fraction of sp³-hybridized carbons (Fsp3) is 0.375. The highest BCUT2D eigenvalue weighted by Crippen LogP contribution is 2.08. The SMILES string of the molecule is BN(C/C=C/C(=C)N(C)C)CCCc1ccc(I)cc1. The molecule has 0 spiro atoms. The predicted molar refractivity (Wildman–Crippen MR) is 99.6 cm³/mol. The van der Waals surface area contributed by atoms with Crippen molar-refractivity contribution in [3.63, 3.8) is 0 Å². The predicted octanol–water partition coefficient (Wildman–Crippen LogP) is 2.71. The molecule has 1 aromatic rings. The van der Waals surface area contributed by atoms with E-state index >= 15 is 0 Å². The Bertz CT molecular complexity index is 440. The third kappa shape index (κ3) is 7.15. The highest BCUT2D eigenvalue weighted by molar-refractivity contribution is 14.1. The van der Waals surface area contributed by atoms with E-state index in [0.29, 0.717) is 0 Å². The van der Waals surface area contributed by atoms with Crippen LogP contribution in [-0.2, 0) is 6.42 Å².